The minimum atomic E-state index is -2.88. The Morgan fingerprint density at radius 1 is 0.484 bits per heavy atom. The molecule has 0 unspecified atom stereocenters. The van der Waals surface area contributed by atoms with Crippen LogP contribution in [0.5, 0.6) is 0 Å². The van der Waals surface area contributed by atoms with Crippen LogP contribution in [0.3, 0.4) is 0 Å². The standard InChI is InChI=1S/C18H16OSi.C9H7N.Al/c19-20(16-10-4-1-5-11-16,17-12-6-2-7-13-17)18-14-8-3-9-15-18;1-2-6-9-8(4-1)5-3-7-10-9;/h1-15,19H;1-7H;. The van der Waals surface area contributed by atoms with E-state index < -0.39 is 8.32 Å². The third-order valence-corrected chi connectivity index (χ3v) is 8.59. The zero-order chi connectivity index (χ0) is 20.7. The Balaban J connectivity index is 0.000000208. The van der Waals surface area contributed by atoms with Gasteiger partial charge in [-0.2, -0.15) is 0 Å². The molecule has 4 heteroatoms. The summed E-state index contributed by atoms with van der Waals surface area (Å²) in [5.41, 5.74) is 1.06. The second kappa shape index (κ2) is 10.9. The number of benzene rings is 4. The lowest BCUT2D eigenvalue weighted by Crippen LogP contribution is -2.67. The number of nitrogens with zero attached hydrogens (tertiary/aromatic N) is 1. The Morgan fingerprint density at radius 3 is 1.32 bits per heavy atom. The van der Waals surface area contributed by atoms with Crippen molar-refractivity contribution in [1.29, 1.82) is 0 Å². The monoisotopic (exact) mass is 432 g/mol. The molecule has 0 saturated heterocycles. The molecule has 0 spiro atoms. The summed E-state index contributed by atoms with van der Waals surface area (Å²) >= 11 is 0. The molecule has 0 bridgehead atoms. The molecule has 4 aromatic carbocycles. The number of para-hydroxylation sites is 1. The van der Waals surface area contributed by atoms with Gasteiger partial charge in [-0.05, 0) is 27.7 Å². The van der Waals surface area contributed by atoms with Gasteiger partial charge in [-0.15, -0.1) is 0 Å². The predicted octanol–water partition coefficient (Wildman–Crippen LogP) is 3.50. The summed E-state index contributed by atoms with van der Waals surface area (Å²) in [6, 6.07) is 42.1. The lowest BCUT2D eigenvalue weighted by molar-refractivity contribution is 0.583. The molecular weight excluding hydrogens is 409 g/mol. The van der Waals surface area contributed by atoms with E-state index in [1.54, 1.807) is 0 Å². The highest BCUT2D eigenvalue weighted by molar-refractivity contribution is 7.06. The van der Waals surface area contributed by atoms with Crippen LogP contribution in [0.2, 0.25) is 0 Å². The maximum Gasteiger partial charge on any atom is 0.285 e. The average Bonchev–Trinajstić information content (AvgIpc) is 2.86. The van der Waals surface area contributed by atoms with Gasteiger partial charge in [0.15, 0.2) is 0 Å². The second-order valence-electron chi connectivity index (χ2n) is 7.00. The highest BCUT2D eigenvalue weighted by Crippen LogP contribution is 2.08. The topological polar surface area (TPSA) is 33.1 Å². The number of hydrogen-bond donors (Lipinski definition) is 1. The third-order valence-electron chi connectivity index (χ3n) is 5.09. The van der Waals surface area contributed by atoms with Gasteiger partial charge in [-0.3, -0.25) is 4.98 Å². The van der Waals surface area contributed by atoms with E-state index in [4.69, 9.17) is 0 Å². The summed E-state index contributed by atoms with van der Waals surface area (Å²) < 4.78 is 0. The van der Waals surface area contributed by atoms with Crippen LogP contribution in [0.25, 0.3) is 10.9 Å². The Labute approximate surface area is 195 Å². The van der Waals surface area contributed by atoms with E-state index in [0.717, 1.165) is 21.1 Å². The lowest BCUT2D eigenvalue weighted by Gasteiger charge is -2.26. The van der Waals surface area contributed by atoms with Crippen molar-refractivity contribution in [3.63, 3.8) is 0 Å². The van der Waals surface area contributed by atoms with Gasteiger partial charge in [0.2, 0.25) is 0 Å². The molecule has 149 valence electrons. The molecule has 2 nitrogen and oxygen atoms in total. The zero-order valence-corrected chi connectivity index (χ0v) is 19.3. The maximum absolute atomic E-state index is 11.6. The van der Waals surface area contributed by atoms with Crippen LogP contribution in [0.4, 0.5) is 0 Å². The van der Waals surface area contributed by atoms with Crippen LogP contribution >= 0.6 is 0 Å². The Hall–Kier alpha value is -3.00. The molecule has 5 aromatic rings. The minimum absolute atomic E-state index is 0. The first-order valence-corrected chi connectivity index (χ1v) is 11.9. The number of aromatic nitrogens is 1. The van der Waals surface area contributed by atoms with Gasteiger partial charge in [0.25, 0.3) is 8.32 Å². The molecule has 0 aliphatic carbocycles. The fourth-order valence-electron chi connectivity index (χ4n) is 3.55. The molecule has 0 amide bonds. The minimum Gasteiger partial charge on any atom is -0.421 e. The molecule has 0 saturated carbocycles. The van der Waals surface area contributed by atoms with Crippen molar-refractivity contribution in [2.45, 2.75) is 0 Å². The normalized spacial score (nSPS) is 10.5. The first kappa shape index (κ1) is 22.7. The van der Waals surface area contributed by atoms with Crippen LogP contribution in [0.1, 0.15) is 0 Å². The largest absolute Gasteiger partial charge is 0.421 e. The van der Waals surface area contributed by atoms with Crippen molar-refractivity contribution in [3.05, 3.63) is 134 Å². The number of hydrogen-bond acceptors (Lipinski definition) is 2. The molecule has 1 heterocycles. The first-order valence-electron chi connectivity index (χ1n) is 9.97. The first-order chi connectivity index (χ1) is 14.8. The summed E-state index contributed by atoms with van der Waals surface area (Å²) in [5.74, 6) is 0. The molecule has 0 fully saturated rings. The van der Waals surface area contributed by atoms with E-state index in [9.17, 15) is 4.80 Å². The van der Waals surface area contributed by atoms with Gasteiger partial charge >= 0.3 is 0 Å². The van der Waals surface area contributed by atoms with Crippen molar-refractivity contribution in [2.75, 3.05) is 0 Å². The van der Waals surface area contributed by atoms with Crippen molar-refractivity contribution >= 4 is 52.1 Å². The number of rotatable bonds is 3. The van der Waals surface area contributed by atoms with E-state index in [1.807, 2.05) is 121 Å². The molecular formula is C27H23AlNOSi. The Bertz CT molecular complexity index is 1040. The second-order valence-corrected chi connectivity index (χ2v) is 10.2. The molecule has 1 aromatic heterocycles. The van der Waals surface area contributed by atoms with Crippen LogP contribution in [0, 0.1) is 0 Å². The summed E-state index contributed by atoms with van der Waals surface area (Å²) in [4.78, 5) is 15.7. The summed E-state index contributed by atoms with van der Waals surface area (Å²) in [5, 5.41) is 4.23. The van der Waals surface area contributed by atoms with Crippen LogP contribution in [-0.2, 0) is 0 Å². The van der Waals surface area contributed by atoms with Crippen molar-refractivity contribution in [2.24, 2.45) is 0 Å². The van der Waals surface area contributed by atoms with Gasteiger partial charge in [-0.25, -0.2) is 0 Å². The number of pyridine rings is 1. The van der Waals surface area contributed by atoms with E-state index in [2.05, 4.69) is 17.1 Å². The van der Waals surface area contributed by atoms with Gasteiger partial charge < -0.3 is 4.80 Å². The van der Waals surface area contributed by atoms with Gasteiger partial charge in [-0.1, -0.05) is 115 Å². The molecule has 0 aliphatic rings. The van der Waals surface area contributed by atoms with Gasteiger partial charge in [0, 0.05) is 28.9 Å². The highest BCUT2D eigenvalue weighted by Gasteiger charge is 2.37. The van der Waals surface area contributed by atoms with Gasteiger partial charge in [0.1, 0.15) is 0 Å². The number of fused-ring (bicyclic) bond motifs is 1. The van der Waals surface area contributed by atoms with Gasteiger partial charge in [0.05, 0.1) is 5.52 Å². The van der Waals surface area contributed by atoms with Crippen molar-refractivity contribution < 1.29 is 4.80 Å². The average molecular weight is 433 g/mol. The van der Waals surface area contributed by atoms with E-state index in [-0.39, 0.29) is 17.4 Å². The molecule has 0 atom stereocenters. The predicted molar refractivity (Wildman–Crippen MR) is 134 cm³/mol. The summed E-state index contributed by atoms with van der Waals surface area (Å²) in [6.45, 7) is 0. The highest BCUT2D eigenvalue weighted by atomic mass is 28.4. The third kappa shape index (κ3) is 5.19. The molecule has 1 N–H and O–H groups in total. The van der Waals surface area contributed by atoms with Crippen LogP contribution in [-0.4, -0.2) is 35.5 Å². The van der Waals surface area contributed by atoms with Crippen molar-refractivity contribution in [1.82, 2.24) is 4.98 Å². The lowest BCUT2D eigenvalue weighted by atomic mass is 10.2. The maximum atomic E-state index is 11.6. The van der Waals surface area contributed by atoms with E-state index >= 15 is 0 Å². The quantitative estimate of drug-likeness (QED) is 0.350. The molecule has 31 heavy (non-hydrogen) atoms. The Morgan fingerprint density at radius 2 is 0.871 bits per heavy atom. The van der Waals surface area contributed by atoms with Crippen LogP contribution < -0.4 is 15.6 Å². The SMILES string of the molecule is O[Si](c1ccccc1)(c1ccccc1)c1ccccc1.[Al].c1ccc2ncccc2c1. The smallest absolute Gasteiger partial charge is 0.285 e. The Kier molecular flexibility index (Phi) is 7.94. The van der Waals surface area contributed by atoms with Crippen LogP contribution in [0.15, 0.2) is 134 Å². The summed E-state index contributed by atoms with van der Waals surface area (Å²) in [7, 11) is -2.88. The molecule has 5 rings (SSSR count). The molecule has 3 radical (unpaired) electrons. The fraction of sp³-hybridized carbons (Fsp3) is 0. The van der Waals surface area contributed by atoms with E-state index in [0.29, 0.717) is 0 Å². The van der Waals surface area contributed by atoms with Crippen molar-refractivity contribution in [3.8, 4) is 0 Å². The molecule has 0 aliphatic heterocycles. The zero-order valence-electron chi connectivity index (χ0n) is 17.2. The van der Waals surface area contributed by atoms with E-state index in [1.165, 1.54) is 5.39 Å². The fourth-order valence-corrected chi connectivity index (χ4v) is 6.58. The summed E-state index contributed by atoms with van der Waals surface area (Å²) in [6.07, 6.45) is 1.81.